The number of esters is 1. The second-order valence-corrected chi connectivity index (χ2v) is 18.0. The molecule has 2 heterocycles. The normalized spacial score (nSPS) is 15.8. The molecule has 5 aromatic rings. The van der Waals surface area contributed by atoms with E-state index in [2.05, 4.69) is 15.5 Å². The number of benzene rings is 4. The summed E-state index contributed by atoms with van der Waals surface area (Å²) >= 11 is 1.99. The molecule has 0 spiro atoms. The van der Waals surface area contributed by atoms with Gasteiger partial charge in [0.05, 0.1) is 22.2 Å². The number of aromatic nitrogens is 4. The van der Waals surface area contributed by atoms with Crippen LogP contribution in [0.15, 0.2) is 120 Å². The van der Waals surface area contributed by atoms with Crippen molar-refractivity contribution in [3.8, 4) is 0 Å². The molecule has 1 aliphatic rings. The summed E-state index contributed by atoms with van der Waals surface area (Å²) in [5, 5.41) is 35.3. The Kier molecular flexibility index (Phi) is 11.3. The van der Waals surface area contributed by atoms with Crippen molar-refractivity contribution < 1.29 is 29.2 Å². The van der Waals surface area contributed by atoms with Crippen molar-refractivity contribution in [2.24, 2.45) is 13.0 Å². The molecule has 2 atom stereocenters. The number of rotatable bonds is 13. The zero-order valence-corrected chi connectivity index (χ0v) is 31.4. The predicted octanol–water partition coefficient (Wildman–Crippen LogP) is 3.89. The first-order valence-electron chi connectivity index (χ1n) is 16.4. The molecule has 0 radical (unpaired) electrons. The van der Waals surface area contributed by atoms with Crippen LogP contribution in [0.5, 0.6) is 0 Å². The number of aliphatic hydroxyl groups is 1. The minimum absolute atomic E-state index is 0.0314. The van der Waals surface area contributed by atoms with Gasteiger partial charge in [-0.2, -0.15) is 0 Å². The van der Waals surface area contributed by atoms with Gasteiger partial charge >= 0.3 is 5.97 Å². The van der Waals surface area contributed by atoms with Gasteiger partial charge in [0.25, 0.3) is 5.69 Å². The average molecular weight is 771 g/mol. The number of nitro groups is 1. The van der Waals surface area contributed by atoms with Gasteiger partial charge in [0.2, 0.25) is 16.2 Å². The van der Waals surface area contributed by atoms with Crippen LogP contribution in [-0.2, 0) is 32.8 Å². The Bertz CT molecular complexity index is 2080. The second kappa shape index (κ2) is 15.9. The molecule has 1 saturated heterocycles. The second-order valence-electron chi connectivity index (χ2n) is 12.6. The van der Waals surface area contributed by atoms with E-state index < -0.39 is 40.6 Å². The highest BCUT2D eigenvalue weighted by Crippen LogP contribution is 2.52. The van der Waals surface area contributed by atoms with Crippen LogP contribution in [0, 0.1) is 16.0 Å². The van der Waals surface area contributed by atoms with Crippen LogP contribution in [0.2, 0.25) is 0 Å². The van der Waals surface area contributed by atoms with Crippen LogP contribution in [0.1, 0.15) is 19.4 Å². The Hall–Kier alpha value is -5.08. The fourth-order valence-electron chi connectivity index (χ4n) is 6.19. The number of nitrogens with zero attached hydrogens (tertiary/aromatic N) is 6. The third-order valence-corrected chi connectivity index (χ3v) is 15.2. The molecule has 0 aliphatic carbocycles. The standard InChI is InChI=1S/C37H35N6O7PS2/c1-37(2,47)31-32(45)42(34(31)53-30(44)24-52-36-38-39-40-41(36)3)33(35(46)50-23-25-19-21-26(22-20-25)43(48)49)51(27-13-7-4-8-14-27,28-15-9-5-10-16-28)29-17-11-6-12-18-29/h4-22,31,34,47H,23-24H2,1-3H3/t31-,34-/m1/s1. The van der Waals surface area contributed by atoms with Gasteiger partial charge in [-0.3, -0.25) is 24.6 Å². The number of tetrazole rings is 1. The van der Waals surface area contributed by atoms with E-state index in [9.17, 15) is 24.8 Å². The van der Waals surface area contributed by atoms with Crippen molar-refractivity contribution in [1.82, 2.24) is 25.1 Å². The lowest BCUT2D eigenvalue weighted by atomic mass is 9.83. The lowest BCUT2D eigenvalue weighted by molar-refractivity contribution is -0.384. The maximum Gasteiger partial charge on any atom is 0.356 e. The molecule has 272 valence electrons. The van der Waals surface area contributed by atoms with Gasteiger partial charge in [0.15, 0.2) is 0 Å². The summed E-state index contributed by atoms with van der Waals surface area (Å²) in [6.45, 7) is -0.569. The molecule has 1 aliphatic heterocycles. The Balaban J connectivity index is 1.57. The van der Waals surface area contributed by atoms with E-state index in [-0.39, 0.29) is 28.6 Å². The summed E-state index contributed by atoms with van der Waals surface area (Å²) in [4.78, 5) is 55.4. The van der Waals surface area contributed by atoms with Gasteiger partial charge in [-0.1, -0.05) is 115 Å². The number of thioether (sulfide) groups is 2. The zero-order valence-electron chi connectivity index (χ0n) is 28.9. The van der Waals surface area contributed by atoms with Crippen molar-refractivity contribution in [3.05, 3.63) is 131 Å². The van der Waals surface area contributed by atoms with Crippen LogP contribution in [0.25, 0.3) is 0 Å². The Morgan fingerprint density at radius 1 is 0.906 bits per heavy atom. The van der Waals surface area contributed by atoms with E-state index in [4.69, 9.17) is 4.74 Å². The van der Waals surface area contributed by atoms with Gasteiger partial charge in [-0.15, -0.1) is 5.10 Å². The molecule has 1 aromatic heterocycles. The third kappa shape index (κ3) is 7.70. The Labute approximate surface area is 313 Å². The van der Waals surface area contributed by atoms with Crippen LogP contribution in [-0.4, -0.2) is 74.3 Å². The maximum atomic E-state index is 15.0. The molecule has 53 heavy (non-hydrogen) atoms. The van der Waals surface area contributed by atoms with Gasteiger partial charge in [0, 0.05) is 26.1 Å². The van der Waals surface area contributed by atoms with E-state index in [1.165, 1.54) is 47.7 Å². The summed E-state index contributed by atoms with van der Waals surface area (Å²) in [7, 11) is 1.65. The monoisotopic (exact) mass is 770 g/mol. The van der Waals surface area contributed by atoms with Crippen LogP contribution in [0.4, 0.5) is 5.69 Å². The van der Waals surface area contributed by atoms with Crippen molar-refractivity contribution in [2.45, 2.75) is 36.6 Å². The summed E-state index contributed by atoms with van der Waals surface area (Å²) < 4.78 is 7.49. The number of hydrogen-bond donors (Lipinski definition) is 1. The van der Waals surface area contributed by atoms with Crippen LogP contribution >= 0.6 is 30.4 Å². The lowest BCUT2D eigenvalue weighted by Gasteiger charge is -2.52. The highest BCUT2D eigenvalue weighted by molar-refractivity contribution is 8.16. The van der Waals surface area contributed by atoms with Gasteiger partial charge in [0.1, 0.15) is 17.4 Å². The highest BCUT2D eigenvalue weighted by Gasteiger charge is 2.59. The number of carbonyl (C=O) groups excluding carboxylic acids is 3. The molecule has 6 rings (SSSR count). The number of non-ortho nitro benzene ring substituents is 1. The Morgan fingerprint density at radius 3 is 1.89 bits per heavy atom. The number of likely N-dealkylation sites (tertiary alicyclic amines) is 1. The van der Waals surface area contributed by atoms with Crippen molar-refractivity contribution in [2.75, 3.05) is 5.75 Å². The van der Waals surface area contributed by atoms with Crippen molar-refractivity contribution in [1.29, 1.82) is 0 Å². The van der Waals surface area contributed by atoms with E-state index >= 15 is 4.79 Å². The zero-order chi connectivity index (χ0) is 37.8. The number of β-lactam (4-membered cyclic amide) rings is 1. The first kappa shape index (κ1) is 37.7. The molecule has 13 nitrogen and oxygen atoms in total. The van der Waals surface area contributed by atoms with Crippen molar-refractivity contribution >= 4 is 74.4 Å². The number of nitro benzene ring substituents is 1. The van der Waals surface area contributed by atoms with Gasteiger partial charge in [-0.05, 0) is 57.9 Å². The molecule has 0 saturated carbocycles. The summed E-state index contributed by atoms with van der Waals surface area (Å²) in [5.74, 6) is -2.46. The van der Waals surface area contributed by atoms with E-state index in [0.29, 0.717) is 10.7 Å². The minimum Gasteiger partial charge on any atom is -0.456 e. The molecular weight excluding hydrogens is 736 g/mol. The number of amides is 1. The largest absolute Gasteiger partial charge is 0.456 e. The smallest absolute Gasteiger partial charge is 0.356 e. The molecule has 4 aromatic carbocycles. The maximum absolute atomic E-state index is 15.0. The quantitative estimate of drug-likeness (QED) is 0.0459. The third-order valence-electron chi connectivity index (χ3n) is 8.63. The average Bonchev–Trinajstić information content (AvgIpc) is 3.57. The van der Waals surface area contributed by atoms with Gasteiger partial charge in [-0.25, -0.2) is 9.48 Å². The van der Waals surface area contributed by atoms with E-state index in [1.807, 2.05) is 91.0 Å². The van der Waals surface area contributed by atoms with Crippen LogP contribution < -0.4 is 15.9 Å². The number of carbonyl (C=O) groups is 3. The van der Waals surface area contributed by atoms with E-state index in [0.717, 1.165) is 39.4 Å². The molecule has 1 fully saturated rings. The molecule has 1 N–H and O–H groups in total. The topological polar surface area (TPSA) is 171 Å². The fraction of sp³-hybridized carbons (Fsp3) is 0.216. The fourth-order valence-corrected chi connectivity index (χ4v) is 12.8. The van der Waals surface area contributed by atoms with Crippen LogP contribution in [0.3, 0.4) is 0 Å². The first-order chi connectivity index (χ1) is 25.4. The minimum atomic E-state index is -3.32. The highest BCUT2D eigenvalue weighted by atomic mass is 32.2. The van der Waals surface area contributed by atoms with Gasteiger partial charge < -0.3 is 9.84 Å². The number of aryl methyl sites for hydroxylation is 1. The molecule has 0 bridgehead atoms. The molecule has 1 amide bonds. The molecule has 0 unspecified atom stereocenters. The number of hydrogen-bond acceptors (Lipinski definition) is 12. The predicted molar refractivity (Wildman–Crippen MR) is 206 cm³/mol. The summed E-state index contributed by atoms with van der Waals surface area (Å²) in [6, 6.07) is 33.9. The summed E-state index contributed by atoms with van der Waals surface area (Å²) in [5.41, 5.74) is -1.15. The summed E-state index contributed by atoms with van der Waals surface area (Å²) in [6.07, 6.45) is 0. The Morgan fingerprint density at radius 2 is 1.43 bits per heavy atom. The number of ether oxygens (including phenoxy) is 1. The molecular formula is C37H35N6O7PS2. The van der Waals surface area contributed by atoms with E-state index in [1.54, 1.807) is 7.05 Å². The SMILES string of the molecule is Cn1nnnc1SCC(=O)S[C@@H]1[C@H](C(C)(C)O)C(=O)N1C(C(=O)OCc1ccc([N+](=O)[O-])cc1)=P(c1ccccc1)(c1ccccc1)c1ccccc1. The van der Waals surface area contributed by atoms with Crippen molar-refractivity contribution in [3.63, 3.8) is 0 Å². The first-order valence-corrected chi connectivity index (χ1v) is 20.0. The lowest BCUT2D eigenvalue weighted by Crippen LogP contribution is -2.69. The molecule has 16 heteroatoms.